The van der Waals surface area contributed by atoms with Crippen LogP contribution < -0.4 is 4.74 Å². The minimum atomic E-state index is 0.152. The molecule has 3 heteroatoms. The molecule has 0 aliphatic heterocycles. The fourth-order valence-corrected chi connectivity index (χ4v) is 2.00. The molecule has 15 heavy (non-hydrogen) atoms. The molecular formula is C12H12INO. The summed E-state index contributed by atoms with van der Waals surface area (Å²) in [5.41, 5.74) is 0. The summed E-state index contributed by atoms with van der Waals surface area (Å²) in [6.45, 7) is 4.02. The average molecular weight is 313 g/mol. The van der Waals surface area contributed by atoms with E-state index in [0.717, 1.165) is 15.0 Å². The van der Waals surface area contributed by atoms with Crippen molar-refractivity contribution in [1.82, 2.24) is 4.98 Å². The van der Waals surface area contributed by atoms with E-state index in [1.807, 2.05) is 32.0 Å². The van der Waals surface area contributed by atoms with Gasteiger partial charge in [0.05, 0.1) is 6.10 Å². The van der Waals surface area contributed by atoms with Gasteiger partial charge in [0.2, 0.25) is 5.88 Å². The molecule has 0 atom stereocenters. The van der Waals surface area contributed by atoms with Gasteiger partial charge in [-0.15, -0.1) is 0 Å². The number of hydrogen-bond donors (Lipinski definition) is 0. The molecule has 2 aromatic rings. The van der Waals surface area contributed by atoms with Crippen LogP contribution in [-0.4, -0.2) is 11.1 Å². The maximum Gasteiger partial charge on any atom is 0.222 e. The molecule has 0 fully saturated rings. The van der Waals surface area contributed by atoms with E-state index in [0.29, 0.717) is 0 Å². The van der Waals surface area contributed by atoms with Crippen molar-refractivity contribution in [2.75, 3.05) is 0 Å². The highest BCUT2D eigenvalue weighted by Crippen LogP contribution is 2.25. The molecule has 0 amide bonds. The first-order chi connectivity index (χ1) is 7.16. The second-order valence-corrected chi connectivity index (χ2v) is 4.74. The second kappa shape index (κ2) is 4.35. The molecule has 1 aromatic carbocycles. The van der Waals surface area contributed by atoms with Crippen LogP contribution in [0, 0.1) is 3.70 Å². The summed E-state index contributed by atoms with van der Waals surface area (Å²) in [5.74, 6) is 0.729. The predicted molar refractivity (Wildman–Crippen MR) is 70.2 cm³/mol. The van der Waals surface area contributed by atoms with Crippen LogP contribution in [0.15, 0.2) is 30.3 Å². The number of rotatable bonds is 2. The minimum Gasteiger partial charge on any atom is -0.474 e. The Kier molecular flexibility index (Phi) is 3.09. The van der Waals surface area contributed by atoms with E-state index in [1.54, 1.807) is 0 Å². The lowest BCUT2D eigenvalue weighted by atomic mass is 10.2. The van der Waals surface area contributed by atoms with Gasteiger partial charge in [0.1, 0.15) is 3.70 Å². The first kappa shape index (κ1) is 10.7. The molecule has 1 heterocycles. The Labute approximate surface area is 103 Å². The molecule has 78 valence electrons. The molecule has 0 N–H and O–H groups in total. The average Bonchev–Trinajstić information content (AvgIpc) is 2.16. The molecule has 0 unspecified atom stereocenters. The number of fused-ring (bicyclic) bond motifs is 1. The molecule has 0 aliphatic carbocycles. The number of ether oxygens (including phenoxy) is 1. The van der Waals surface area contributed by atoms with Gasteiger partial charge in [-0.05, 0) is 54.0 Å². The third-order valence-corrected chi connectivity index (χ3v) is 2.57. The molecule has 0 radical (unpaired) electrons. The van der Waals surface area contributed by atoms with Gasteiger partial charge in [-0.1, -0.05) is 18.2 Å². The van der Waals surface area contributed by atoms with E-state index in [-0.39, 0.29) is 6.10 Å². The highest BCUT2D eigenvalue weighted by atomic mass is 127. The van der Waals surface area contributed by atoms with Gasteiger partial charge in [-0.25, -0.2) is 4.98 Å². The molecule has 2 nitrogen and oxygen atoms in total. The summed E-state index contributed by atoms with van der Waals surface area (Å²) < 4.78 is 6.65. The first-order valence-corrected chi connectivity index (χ1v) is 5.96. The van der Waals surface area contributed by atoms with Crippen LogP contribution in [0.1, 0.15) is 13.8 Å². The predicted octanol–water partition coefficient (Wildman–Crippen LogP) is 3.63. The fourth-order valence-electron chi connectivity index (χ4n) is 1.45. The van der Waals surface area contributed by atoms with E-state index in [9.17, 15) is 0 Å². The third kappa shape index (κ3) is 2.40. The number of halogens is 1. The molecule has 0 saturated carbocycles. The Morgan fingerprint density at radius 2 is 2.00 bits per heavy atom. The van der Waals surface area contributed by atoms with Crippen LogP contribution in [0.3, 0.4) is 0 Å². The monoisotopic (exact) mass is 313 g/mol. The van der Waals surface area contributed by atoms with E-state index in [1.165, 1.54) is 5.39 Å². The molecular weight excluding hydrogens is 301 g/mol. The van der Waals surface area contributed by atoms with Crippen molar-refractivity contribution in [2.24, 2.45) is 0 Å². The van der Waals surface area contributed by atoms with Crippen LogP contribution in [0.5, 0.6) is 5.88 Å². The second-order valence-electron chi connectivity index (χ2n) is 3.64. The van der Waals surface area contributed by atoms with E-state index in [4.69, 9.17) is 4.74 Å². The summed E-state index contributed by atoms with van der Waals surface area (Å²) >= 11 is 2.21. The zero-order chi connectivity index (χ0) is 10.8. The SMILES string of the molecule is CC(C)Oc1nc(I)cc2ccccc12. The van der Waals surface area contributed by atoms with Gasteiger partial charge >= 0.3 is 0 Å². The number of pyridine rings is 1. The number of aromatic nitrogens is 1. The van der Waals surface area contributed by atoms with E-state index >= 15 is 0 Å². The van der Waals surface area contributed by atoms with Crippen molar-refractivity contribution in [2.45, 2.75) is 20.0 Å². The van der Waals surface area contributed by atoms with Crippen molar-refractivity contribution in [3.8, 4) is 5.88 Å². The zero-order valence-electron chi connectivity index (χ0n) is 8.70. The van der Waals surface area contributed by atoms with E-state index < -0.39 is 0 Å². The maximum atomic E-state index is 5.69. The van der Waals surface area contributed by atoms with Gasteiger partial charge in [-0.2, -0.15) is 0 Å². The topological polar surface area (TPSA) is 22.1 Å². The summed E-state index contributed by atoms with van der Waals surface area (Å²) in [4.78, 5) is 4.41. The quantitative estimate of drug-likeness (QED) is 0.624. The smallest absolute Gasteiger partial charge is 0.222 e. The summed E-state index contributed by atoms with van der Waals surface area (Å²) in [6.07, 6.45) is 0.152. The zero-order valence-corrected chi connectivity index (χ0v) is 10.9. The van der Waals surface area contributed by atoms with Crippen LogP contribution in [0.25, 0.3) is 10.8 Å². The van der Waals surface area contributed by atoms with Crippen LogP contribution in [-0.2, 0) is 0 Å². The first-order valence-electron chi connectivity index (χ1n) is 4.89. The summed E-state index contributed by atoms with van der Waals surface area (Å²) in [5, 5.41) is 2.25. The van der Waals surface area contributed by atoms with Gasteiger partial charge in [-0.3, -0.25) is 0 Å². The van der Waals surface area contributed by atoms with Gasteiger partial charge < -0.3 is 4.74 Å². The largest absolute Gasteiger partial charge is 0.474 e. The van der Waals surface area contributed by atoms with Crippen molar-refractivity contribution >= 4 is 33.4 Å². The van der Waals surface area contributed by atoms with Crippen molar-refractivity contribution in [1.29, 1.82) is 0 Å². The van der Waals surface area contributed by atoms with Crippen LogP contribution in [0.2, 0.25) is 0 Å². The maximum absolute atomic E-state index is 5.69. The standard InChI is InChI=1S/C12H12INO/c1-8(2)15-12-10-6-4-3-5-9(10)7-11(13)14-12/h3-8H,1-2H3. The summed E-state index contributed by atoms with van der Waals surface area (Å²) in [6, 6.07) is 10.2. The fraction of sp³-hybridized carbons (Fsp3) is 0.250. The lowest BCUT2D eigenvalue weighted by molar-refractivity contribution is 0.235. The Bertz CT molecular complexity index is 482. The molecule has 0 aliphatic rings. The van der Waals surface area contributed by atoms with Gasteiger partial charge in [0.15, 0.2) is 0 Å². The molecule has 0 bridgehead atoms. The highest BCUT2D eigenvalue weighted by molar-refractivity contribution is 14.1. The number of benzene rings is 1. The molecule has 0 saturated heterocycles. The van der Waals surface area contributed by atoms with Crippen LogP contribution >= 0.6 is 22.6 Å². The Hall–Kier alpha value is -0.840. The van der Waals surface area contributed by atoms with Gasteiger partial charge in [0, 0.05) is 5.39 Å². The van der Waals surface area contributed by atoms with Crippen molar-refractivity contribution in [3.05, 3.63) is 34.0 Å². The minimum absolute atomic E-state index is 0.152. The molecule has 1 aromatic heterocycles. The van der Waals surface area contributed by atoms with E-state index in [2.05, 4.69) is 39.7 Å². The Morgan fingerprint density at radius 1 is 1.27 bits per heavy atom. The Balaban J connectivity index is 2.60. The third-order valence-electron chi connectivity index (χ3n) is 2.02. The Morgan fingerprint density at radius 3 is 2.73 bits per heavy atom. The normalized spacial score (nSPS) is 10.9. The number of nitrogens with zero attached hydrogens (tertiary/aromatic N) is 1. The van der Waals surface area contributed by atoms with Crippen LogP contribution in [0.4, 0.5) is 0 Å². The van der Waals surface area contributed by atoms with Crippen molar-refractivity contribution in [3.63, 3.8) is 0 Å². The summed E-state index contributed by atoms with van der Waals surface area (Å²) in [7, 11) is 0. The highest BCUT2D eigenvalue weighted by Gasteiger charge is 2.06. The molecule has 0 spiro atoms. The molecule has 2 rings (SSSR count). The number of hydrogen-bond acceptors (Lipinski definition) is 2. The van der Waals surface area contributed by atoms with Crippen molar-refractivity contribution < 1.29 is 4.74 Å². The lowest BCUT2D eigenvalue weighted by Crippen LogP contribution is -2.07. The van der Waals surface area contributed by atoms with Gasteiger partial charge in [0.25, 0.3) is 0 Å². The lowest BCUT2D eigenvalue weighted by Gasteiger charge is -2.11.